The van der Waals surface area contributed by atoms with Crippen molar-refractivity contribution in [1.29, 1.82) is 0 Å². The van der Waals surface area contributed by atoms with E-state index < -0.39 is 10.0 Å². The Morgan fingerprint density at radius 3 is 3.00 bits per heavy atom. The highest BCUT2D eigenvalue weighted by Gasteiger charge is 2.22. The van der Waals surface area contributed by atoms with Crippen LogP contribution >= 0.6 is 0 Å². The van der Waals surface area contributed by atoms with Crippen LogP contribution in [-0.4, -0.2) is 52.4 Å². The first-order chi connectivity index (χ1) is 9.63. The molecule has 0 amide bonds. The van der Waals surface area contributed by atoms with Crippen molar-refractivity contribution in [1.82, 2.24) is 9.71 Å². The van der Waals surface area contributed by atoms with Gasteiger partial charge in [0.25, 0.3) is 0 Å². The average molecular weight is 301 g/mol. The molecule has 112 valence electrons. The molecule has 0 radical (unpaired) electrons. The van der Waals surface area contributed by atoms with Crippen LogP contribution in [0.3, 0.4) is 0 Å². The summed E-state index contributed by atoms with van der Waals surface area (Å²) >= 11 is 0. The molecule has 0 bridgehead atoms. The summed E-state index contributed by atoms with van der Waals surface area (Å²) < 4.78 is 37.7. The summed E-state index contributed by atoms with van der Waals surface area (Å²) in [4.78, 5) is 4.01. The highest BCUT2D eigenvalue weighted by Crippen LogP contribution is 2.19. The molecule has 1 aromatic rings. The summed E-state index contributed by atoms with van der Waals surface area (Å²) in [6.45, 7) is 4.15. The molecule has 1 fully saturated rings. The van der Waals surface area contributed by atoms with E-state index in [0.717, 1.165) is 0 Å². The van der Waals surface area contributed by atoms with Gasteiger partial charge in [-0.3, -0.25) is 4.98 Å². The van der Waals surface area contributed by atoms with Crippen molar-refractivity contribution >= 4 is 15.7 Å². The quantitative estimate of drug-likeness (QED) is 0.780. The second kappa shape index (κ2) is 6.98. The van der Waals surface area contributed by atoms with Crippen LogP contribution in [0.15, 0.2) is 23.4 Å². The summed E-state index contributed by atoms with van der Waals surface area (Å²) in [5.74, 6) is 0. The van der Waals surface area contributed by atoms with Crippen molar-refractivity contribution in [3.63, 3.8) is 0 Å². The maximum atomic E-state index is 12.3. The van der Waals surface area contributed by atoms with Gasteiger partial charge in [0.2, 0.25) is 10.0 Å². The standard InChI is InChI=1S/C12H19N3O4S/c1-2-14-11-3-4-13-8-12(11)20(16,17)15-7-10-9-18-5-6-19-10/h3-4,8,10,15H,2,5-7,9H2,1H3,(H,13,14). The van der Waals surface area contributed by atoms with Gasteiger partial charge in [-0.2, -0.15) is 0 Å². The van der Waals surface area contributed by atoms with Crippen molar-refractivity contribution in [3.05, 3.63) is 18.5 Å². The zero-order valence-electron chi connectivity index (χ0n) is 11.3. The normalized spacial score (nSPS) is 19.8. The molecule has 1 saturated heterocycles. The Kier molecular flexibility index (Phi) is 5.30. The van der Waals surface area contributed by atoms with Crippen molar-refractivity contribution in [2.45, 2.75) is 17.9 Å². The molecular weight excluding hydrogens is 282 g/mol. The van der Waals surface area contributed by atoms with Gasteiger partial charge in [-0.15, -0.1) is 0 Å². The molecule has 0 aromatic carbocycles. The first-order valence-corrected chi connectivity index (χ1v) is 7.98. The summed E-state index contributed by atoms with van der Waals surface area (Å²) in [6.07, 6.45) is 2.63. The van der Waals surface area contributed by atoms with E-state index in [1.807, 2.05) is 6.92 Å². The van der Waals surface area contributed by atoms with Gasteiger partial charge >= 0.3 is 0 Å². The summed E-state index contributed by atoms with van der Waals surface area (Å²) in [7, 11) is -3.62. The van der Waals surface area contributed by atoms with E-state index in [2.05, 4.69) is 15.0 Å². The number of nitrogens with one attached hydrogen (secondary N) is 2. The van der Waals surface area contributed by atoms with Crippen LogP contribution in [0.5, 0.6) is 0 Å². The first-order valence-electron chi connectivity index (χ1n) is 6.50. The van der Waals surface area contributed by atoms with Crippen LogP contribution in [0.2, 0.25) is 0 Å². The van der Waals surface area contributed by atoms with Gasteiger partial charge in [-0.1, -0.05) is 0 Å². The molecule has 2 rings (SSSR count). The van der Waals surface area contributed by atoms with E-state index in [1.54, 1.807) is 12.3 Å². The molecule has 2 N–H and O–H groups in total. The molecule has 0 saturated carbocycles. The minimum atomic E-state index is -3.62. The van der Waals surface area contributed by atoms with Crippen molar-refractivity contribution in [2.24, 2.45) is 0 Å². The Hall–Kier alpha value is -1.22. The number of aromatic nitrogens is 1. The van der Waals surface area contributed by atoms with Gasteiger partial charge in [0.05, 0.1) is 31.6 Å². The molecule has 1 aromatic heterocycles. The van der Waals surface area contributed by atoms with Crippen LogP contribution in [0.25, 0.3) is 0 Å². The van der Waals surface area contributed by atoms with Gasteiger partial charge < -0.3 is 14.8 Å². The highest BCUT2D eigenvalue weighted by atomic mass is 32.2. The molecule has 1 unspecified atom stereocenters. The second-order valence-corrected chi connectivity index (χ2v) is 6.06. The molecule has 1 aliphatic rings. The smallest absolute Gasteiger partial charge is 0.244 e. The fourth-order valence-electron chi connectivity index (χ4n) is 1.87. The van der Waals surface area contributed by atoms with Crippen LogP contribution in [0.1, 0.15) is 6.92 Å². The van der Waals surface area contributed by atoms with Gasteiger partial charge in [0.1, 0.15) is 4.90 Å². The SMILES string of the molecule is CCNc1ccncc1S(=O)(=O)NCC1COCCO1. The third-order valence-electron chi connectivity index (χ3n) is 2.83. The molecule has 8 heteroatoms. The Morgan fingerprint density at radius 1 is 1.45 bits per heavy atom. The maximum Gasteiger partial charge on any atom is 0.244 e. The topological polar surface area (TPSA) is 89.6 Å². The number of hydrogen-bond acceptors (Lipinski definition) is 6. The number of anilines is 1. The Morgan fingerprint density at radius 2 is 2.30 bits per heavy atom. The molecule has 1 atom stereocenters. The molecule has 0 aliphatic carbocycles. The molecule has 0 spiro atoms. The Bertz CT molecular complexity index is 529. The lowest BCUT2D eigenvalue weighted by molar-refractivity contribution is -0.0846. The summed E-state index contributed by atoms with van der Waals surface area (Å²) in [6, 6.07) is 1.64. The van der Waals surface area contributed by atoms with E-state index in [9.17, 15) is 8.42 Å². The van der Waals surface area contributed by atoms with E-state index in [1.165, 1.54) is 6.20 Å². The van der Waals surface area contributed by atoms with Crippen LogP contribution in [0.4, 0.5) is 5.69 Å². The van der Waals surface area contributed by atoms with Gasteiger partial charge in [0.15, 0.2) is 0 Å². The van der Waals surface area contributed by atoms with Gasteiger partial charge in [-0.05, 0) is 13.0 Å². The number of rotatable bonds is 6. The molecule has 2 heterocycles. The zero-order chi connectivity index (χ0) is 14.4. The van der Waals surface area contributed by atoms with E-state index in [-0.39, 0.29) is 17.5 Å². The molecule has 20 heavy (non-hydrogen) atoms. The van der Waals surface area contributed by atoms with Gasteiger partial charge in [-0.25, -0.2) is 13.1 Å². The first kappa shape index (κ1) is 15.2. The van der Waals surface area contributed by atoms with E-state index in [4.69, 9.17) is 9.47 Å². The fraction of sp³-hybridized carbons (Fsp3) is 0.583. The molecule has 7 nitrogen and oxygen atoms in total. The Balaban J connectivity index is 2.05. The van der Waals surface area contributed by atoms with Crippen molar-refractivity contribution in [2.75, 3.05) is 38.2 Å². The minimum Gasteiger partial charge on any atom is -0.384 e. The lowest BCUT2D eigenvalue weighted by atomic mass is 10.3. The number of pyridine rings is 1. The number of nitrogens with zero attached hydrogens (tertiary/aromatic N) is 1. The van der Waals surface area contributed by atoms with E-state index in [0.29, 0.717) is 32.1 Å². The number of sulfonamides is 1. The van der Waals surface area contributed by atoms with Gasteiger partial charge in [0, 0.05) is 25.5 Å². The lowest BCUT2D eigenvalue weighted by Crippen LogP contribution is -2.39. The van der Waals surface area contributed by atoms with Crippen LogP contribution in [-0.2, 0) is 19.5 Å². The predicted octanol–water partition coefficient (Wildman–Crippen LogP) is 0.207. The lowest BCUT2D eigenvalue weighted by Gasteiger charge is -2.23. The number of hydrogen-bond donors (Lipinski definition) is 2. The fourth-order valence-corrected chi connectivity index (χ4v) is 3.06. The monoisotopic (exact) mass is 301 g/mol. The zero-order valence-corrected chi connectivity index (χ0v) is 12.1. The predicted molar refractivity (Wildman–Crippen MR) is 74.1 cm³/mol. The second-order valence-electron chi connectivity index (χ2n) is 4.32. The van der Waals surface area contributed by atoms with Crippen molar-refractivity contribution in [3.8, 4) is 0 Å². The van der Waals surface area contributed by atoms with Crippen molar-refractivity contribution < 1.29 is 17.9 Å². The Labute approximate surface area is 118 Å². The maximum absolute atomic E-state index is 12.3. The third-order valence-corrected chi connectivity index (χ3v) is 4.28. The molecular formula is C12H19N3O4S. The summed E-state index contributed by atoms with van der Waals surface area (Å²) in [5.41, 5.74) is 0.538. The van der Waals surface area contributed by atoms with Crippen LogP contribution in [0, 0.1) is 0 Å². The average Bonchev–Trinajstić information content (AvgIpc) is 2.47. The minimum absolute atomic E-state index is 0.138. The van der Waals surface area contributed by atoms with Crippen LogP contribution < -0.4 is 10.0 Å². The third kappa shape index (κ3) is 3.89. The number of ether oxygens (including phenoxy) is 2. The highest BCUT2D eigenvalue weighted by molar-refractivity contribution is 7.89. The summed E-state index contributed by atoms with van der Waals surface area (Å²) in [5, 5.41) is 3.01. The van der Waals surface area contributed by atoms with E-state index >= 15 is 0 Å². The molecule has 1 aliphatic heterocycles. The largest absolute Gasteiger partial charge is 0.384 e.